The van der Waals surface area contributed by atoms with Gasteiger partial charge in [-0.1, -0.05) is 0 Å². The second-order valence-corrected chi connectivity index (χ2v) is 4.83. The Bertz CT molecular complexity index is 639. The summed E-state index contributed by atoms with van der Waals surface area (Å²) in [5, 5.41) is 8.64. The van der Waals surface area contributed by atoms with Crippen LogP contribution in [0.2, 0.25) is 0 Å². The van der Waals surface area contributed by atoms with E-state index in [9.17, 15) is 8.42 Å². The van der Waals surface area contributed by atoms with Crippen LogP contribution in [0.1, 0.15) is 5.56 Å². The molecular formula is C10H8N4O2S. The predicted octanol–water partition coefficient (Wildman–Crippen LogP) is 1.08. The van der Waals surface area contributed by atoms with E-state index in [1.54, 1.807) is 6.07 Å². The summed E-state index contributed by atoms with van der Waals surface area (Å²) in [5.74, 6) is 0.165. The zero-order valence-electron chi connectivity index (χ0n) is 8.58. The number of hydrogen-bond acceptors (Lipinski definition) is 4. The molecule has 86 valence electrons. The normalized spacial score (nSPS) is 10.8. The van der Waals surface area contributed by atoms with E-state index in [1.165, 1.54) is 30.6 Å². The fourth-order valence-corrected chi connectivity index (χ4v) is 2.18. The number of hydrogen-bond donors (Lipinski definition) is 2. The Hall–Kier alpha value is -2.33. The summed E-state index contributed by atoms with van der Waals surface area (Å²) in [4.78, 5) is 6.41. The quantitative estimate of drug-likeness (QED) is 0.849. The van der Waals surface area contributed by atoms with Gasteiger partial charge in [0.1, 0.15) is 11.9 Å². The second kappa shape index (κ2) is 4.27. The Morgan fingerprint density at radius 1 is 1.35 bits per heavy atom. The van der Waals surface area contributed by atoms with Crippen LogP contribution in [0, 0.1) is 11.3 Å². The number of nitrogens with one attached hydrogen (secondary N) is 2. The first kappa shape index (κ1) is 11.2. The third-order valence-electron chi connectivity index (χ3n) is 1.99. The van der Waals surface area contributed by atoms with E-state index < -0.39 is 10.0 Å². The monoisotopic (exact) mass is 248 g/mol. The van der Waals surface area contributed by atoms with Crippen molar-refractivity contribution in [2.24, 2.45) is 0 Å². The minimum atomic E-state index is -3.64. The molecule has 0 atom stereocenters. The van der Waals surface area contributed by atoms with Crippen LogP contribution in [0.25, 0.3) is 0 Å². The van der Waals surface area contributed by atoms with Crippen LogP contribution in [0.3, 0.4) is 0 Å². The van der Waals surface area contributed by atoms with Gasteiger partial charge in [-0.3, -0.25) is 4.72 Å². The van der Waals surface area contributed by atoms with Gasteiger partial charge in [0, 0.05) is 12.4 Å². The van der Waals surface area contributed by atoms with Gasteiger partial charge >= 0.3 is 0 Å². The fourth-order valence-electron chi connectivity index (χ4n) is 1.19. The highest BCUT2D eigenvalue weighted by Crippen LogP contribution is 2.12. The maximum absolute atomic E-state index is 11.8. The van der Waals surface area contributed by atoms with Crippen LogP contribution >= 0.6 is 0 Å². The van der Waals surface area contributed by atoms with E-state index in [2.05, 4.69) is 14.7 Å². The molecule has 0 radical (unpaired) electrons. The average molecular weight is 248 g/mol. The number of nitrogens with zero attached hydrogens (tertiary/aromatic N) is 2. The Morgan fingerprint density at radius 2 is 2.18 bits per heavy atom. The number of aromatic nitrogens is 2. The number of anilines is 1. The molecule has 0 fully saturated rings. The van der Waals surface area contributed by atoms with Crippen LogP contribution in [0.4, 0.5) is 5.82 Å². The molecule has 0 bridgehead atoms. The summed E-state index contributed by atoms with van der Waals surface area (Å²) in [6.45, 7) is 0. The van der Waals surface area contributed by atoms with Crippen molar-refractivity contribution in [2.45, 2.75) is 5.03 Å². The molecule has 2 heterocycles. The van der Waals surface area contributed by atoms with Crippen molar-refractivity contribution in [2.75, 3.05) is 4.72 Å². The topological polar surface area (TPSA) is 98.6 Å². The lowest BCUT2D eigenvalue weighted by molar-refractivity contribution is 0.598. The molecular weight excluding hydrogens is 240 g/mol. The van der Waals surface area contributed by atoms with E-state index in [0.717, 1.165) is 0 Å². The second-order valence-electron chi connectivity index (χ2n) is 3.18. The molecule has 2 aromatic heterocycles. The van der Waals surface area contributed by atoms with Crippen molar-refractivity contribution >= 4 is 15.8 Å². The number of pyridine rings is 1. The number of rotatable bonds is 3. The maximum atomic E-state index is 11.8. The van der Waals surface area contributed by atoms with E-state index in [-0.39, 0.29) is 10.8 Å². The van der Waals surface area contributed by atoms with Crippen molar-refractivity contribution in [3.05, 3.63) is 42.2 Å². The van der Waals surface area contributed by atoms with E-state index >= 15 is 0 Å². The van der Waals surface area contributed by atoms with Gasteiger partial charge in [0.15, 0.2) is 5.03 Å². The number of aromatic amines is 1. The minimum Gasteiger partial charge on any atom is -0.351 e. The highest BCUT2D eigenvalue weighted by atomic mass is 32.2. The summed E-state index contributed by atoms with van der Waals surface area (Å²) in [5.41, 5.74) is 0.368. The van der Waals surface area contributed by atoms with Crippen molar-refractivity contribution < 1.29 is 8.42 Å². The zero-order valence-corrected chi connectivity index (χ0v) is 9.40. The van der Waals surface area contributed by atoms with Crippen LogP contribution in [-0.2, 0) is 10.0 Å². The lowest BCUT2D eigenvalue weighted by Gasteiger charge is -2.04. The molecule has 2 N–H and O–H groups in total. The van der Waals surface area contributed by atoms with Gasteiger partial charge in [0.05, 0.1) is 5.56 Å². The molecule has 0 saturated carbocycles. The standard InChI is InChI=1S/C10H8N4O2S/c11-6-8-3-4-9(13-7-8)14-17(15,16)10-2-1-5-12-10/h1-5,7,12H,(H,13,14). The molecule has 6 nitrogen and oxygen atoms in total. The van der Waals surface area contributed by atoms with E-state index in [0.29, 0.717) is 5.56 Å². The molecule has 2 rings (SSSR count). The zero-order chi connectivity index (χ0) is 12.3. The number of sulfonamides is 1. The van der Waals surface area contributed by atoms with Crippen LogP contribution in [0.5, 0.6) is 0 Å². The Morgan fingerprint density at radius 3 is 2.71 bits per heavy atom. The number of H-pyrrole nitrogens is 1. The predicted molar refractivity (Wildman–Crippen MR) is 60.6 cm³/mol. The SMILES string of the molecule is N#Cc1ccc(NS(=O)(=O)c2ccc[nH]2)nc1. The maximum Gasteiger partial charge on any atom is 0.278 e. The van der Waals surface area contributed by atoms with Crippen molar-refractivity contribution in [1.29, 1.82) is 5.26 Å². The van der Waals surface area contributed by atoms with E-state index in [1.807, 2.05) is 6.07 Å². The summed E-state index contributed by atoms with van der Waals surface area (Å²) >= 11 is 0. The van der Waals surface area contributed by atoms with Gasteiger partial charge in [-0.2, -0.15) is 13.7 Å². The first-order valence-corrected chi connectivity index (χ1v) is 6.12. The third kappa shape index (κ3) is 2.43. The Kier molecular flexibility index (Phi) is 2.80. The smallest absolute Gasteiger partial charge is 0.278 e. The summed E-state index contributed by atoms with van der Waals surface area (Å²) in [6.07, 6.45) is 2.81. The van der Waals surface area contributed by atoms with Gasteiger partial charge < -0.3 is 4.98 Å². The molecule has 0 aliphatic rings. The average Bonchev–Trinajstić information content (AvgIpc) is 2.84. The lowest BCUT2D eigenvalue weighted by atomic mass is 10.3. The molecule has 0 unspecified atom stereocenters. The lowest BCUT2D eigenvalue weighted by Crippen LogP contribution is -2.14. The molecule has 2 aromatic rings. The molecule has 0 amide bonds. The molecule has 0 aliphatic heterocycles. The summed E-state index contributed by atoms with van der Waals surface area (Å²) < 4.78 is 25.8. The summed E-state index contributed by atoms with van der Waals surface area (Å²) in [6, 6.07) is 7.83. The van der Waals surface area contributed by atoms with Gasteiger partial charge in [-0.15, -0.1) is 0 Å². The molecule has 0 aliphatic carbocycles. The first-order valence-electron chi connectivity index (χ1n) is 4.64. The largest absolute Gasteiger partial charge is 0.351 e. The van der Waals surface area contributed by atoms with Crippen molar-refractivity contribution in [3.8, 4) is 6.07 Å². The highest BCUT2D eigenvalue weighted by Gasteiger charge is 2.14. The van der Waals surface area contributed by atoms with Gasteiger partial charge in [0.25, 0.3) is 10.0 Å². The Balaban J connectivity index is 2.24. The van der Waals surface area contributed by atoms with Crippen molar-refractivity contribution in [3.63, 3.8) is 0 Å². The first-order chi connectivity index (χ1) is 8.12. The third-order valence-corrected chi connectivity index (χ3v) is 3.30. The van der Waals surface area contributed by atoms with Gasteiger partial charge in [-0.05, 0) is 24.3 Å². The molecule has 17 heavy (non-hydrogen) atoms. The number of nitriles is 1. The highest BCUT2D eigenvalue weighted by molar-refractivity contribution is 7.92. The Labute approximate surface area is 98.0 Å². The molecule has 7 heteroatoms. The fraction of sp³-hybridized carbons (Fsp3) is 0. The minimum absolute atomic E-state index is 0.0589. The van der Waals surface area contributed by atoms with Gasteiger partial charge in [-0.25, -0.2) is 4.98 Å². The van der Waals surface area contributed by atoms with E-state index in [4.69, 9.17) is 5.26 Å². The van der Waals surface area contributed by atoms with Gasteiger partial charge in [0.2, 0.25) is 0 Å². The summed E-state index contributed by atoms with van der Waals surface area (Å²) in [7, 11) is -3.64. The van der Waals surface area contributed by atoms with Crippen molar-refractivity contribution in [1.82, 2.24) is 9.97 Å². The van der Waals surface area contributed by atoms with Crippen LogP contribution in [-0.4, -0.2) is 18.4 Å². The molecule has 0 spiro atoms. The molecule has 0 saturated heterocycles. The van der Waals surface area contributed by atoms with Crippen LogP contribution in [0.15, 0.2) is 41.7 Å². The molecule has 0 aromatic carbocycles. The van der Waals surface area contributed by atoms with Crippen LogP contribution < -0.4 is 4.72 Å².